The maximum Gasteiger partial charge on any atom is 0.0711 e. The van der Waals surface area contributed by atoms with E-state index < -0.39 is 0 Å². The van der Waals surface area contributed by atoms with Crippen LogP contribution in [0.15, 0.2) is 115 Å². The Kier molecular flexibility index (Phi) is 4.63. The summed E-state index contributed by atoms with van der Waals surface area (Å²) in [5, 5.41) is 0. The summed E-state index contributed by atoms with van der Waals surface area (Å²) in [6, 6.07) is 36.1. The van der Waals surface area contributed by atoms with E-state index in [9.17, 15) is 0 Å². The quantitative estimate of drug-likeness (QED) is 0.365. The molecule has 3 aromatic carbocycles. The van der Waals surface area contributed by atoms with E-state index in [0.29, 0.717) is 0 Å². The van der Waals surface area contributed by atoms with Crippen LogP contribution in [0.4, 0.5) is 0 Å². The van der Waals surface area contributed by atoms with Crippen LogP contribution in [-0.4, -0.2) is 4.98 Å². The maximum absolute atomic E-state index is 4.71. The van der Waals surface area contributed by atoms with Crippen LogP contribution >= 0.6 is 0 Å². The lowest BCUT2D eigenvalue weighted by Gasteiger charge is -2.14. The van der Waals surface area contributed by atoms with Crippen LogP contribution in [0, 0.1) is 0 Å². The molecule has 0 radical (unpaired) electrons. The first kappa shape index (κ1) is 17.4. The molecule has 1 heteroatoms. The van der Waals surface area contributed by atoms with Gasteiger partial charge in [0.25, 0.3) is 0 Å². The van der Waals surface area contributed by atoms with Gasteiger partial charge in [0.05, 0.1) is 5.69 Å². The molecule has 1 aliphatic carbocycles. The van der Waals surface area contributed by atoms with Gasteiger partial charge in [-0.2, -0.15) is 0 Å². The summed E-state index contributed by atoms with van der Waals surface area (Å²) in [7, 11) is 0. The molecule has 0 amide bonds. The van der Waals surface area contributed by atoms with E-state index in [1.807, 2.05) is 12.3 Å². The summed E-state index contributed by atoms with van der Waals surface area (Å²) < 4.78 is 0. The predicted molar refractivity (Wildman–Crippen MR) is 121 cm³/mol. The number of hydrogen-bond acceptors (Lipinski definition) is 1. The van der Waals surface area contributed by atoms with E-state index in [1.54, 1.807) is 0 Å². The van der Waals surface area contributed by atoms with Crippen LogP contribution in [0.3, 0.4) is 0 Å². The topological polar surface area (TPSA) is 12.9 Å². The predicted octanol–water partition coefficient (Wildman–Crippen LogP) is 6.68. The number of pyridine rings is 1. The minimum atomic E-state index is 0.912. The van der Waals surface area contributed by atoms with Crippen LogP contribution < -0.4 is 0 Å². The maximum atomic E-state index is 4.71. The van der Waals surface area contributed by atoms with Crippen molar-refractivity contribution in [3.63, 3.8) is 0 Å². The van der Waals surface area contributed by atoms with E-state index >= 15 is 0 Å². The first-order chi connectivity index (χ1) is 14.4. The van der Waals surface area contributed by atoms with Gasteiger partial charge >= 0.3 is 0 Å². The summed E-state index contributed by atoms with van der Waals surface area (Å²) in [5.41, 5.74) is 9.94. The number of hydrogen-bond donors (Lipinski definition) is 0. The summed E-state index contributed by atoms with van der Waals surface area (Å²) >= 11 is 0. The molecular weight excluding hydrogens is 350 g/mol. The van der Waals surface area contributed by atoms with Crippen molar-refractivity contribution in [1.29, 1.82) is 0 Å². The molecule has 4 aromatic rings. The van der Waals surface area contributed by atoms with Crippen molar-refractivity contribution in [1.82, 2.24) is 4.98 Å². The Labute approximate surface area is 171 Å². The Hall–Kier alpha value is -3.71. The Balaban J connectivity index is 1.77. The molecule has 0 bridgehead atoms. The van der Waals surface area contributed by atoms with Gasteiger partial charge in [-0.3, -0.25) is 4.98 Å². The Bertz CT molecular complexity index is 1190. The van der Waals surface area contributed by atoms with Gasteiger partial charge < -0.3 is 0 Å². The molecule has 29 heavy (non-hydrogen) atoms. The second-order valence-electron chi connectivity index (χ2n) is 7.24. The average molecular weight is 371 g/mol. The van der Waals surface area contributed by atoms with E-state index in [1.165, 1.54) is 39.0 Å². The Morgan fingerprint density at radius 1 is 0.690 bits per heavy atom. The number of rotatable bonds is 4. The second-order valence-corrected chi connectivity index (χ2v) is 7.24. The van der Waals surface area contributed by atoms with Crippen molar-refractivity contribution in [3.8, 4) is 0 Å². The van der Waals surface area contributed by atoms with Crippen molar-refractivity contribution >= 4 is 17.2 Å². The van der Waals surface area contributed by atoms with Crippen LogP contribution in [0.25, 0.3) is 17.2 Å². The minimum Gasteiger partial charge on any atom is -0.256 e. The van der Waals surface area contributed by atoms with Crippen molar-refractivity contribution in [2.75, 3.05) is 0 Å². The van der Waals surface area contributed by atoms with Crippen molar-refractivity contribution < 1.29 is 0 Å². The zero-order valence-corrected chi connectivity index (χ0v) is 16.1. The molecule has 1 aromatic heterocycles. The molecule has 0 saturated heterocycles. The number of fused-ring (bicyclic) bond motifs is 1. The lowest BCUT2D eigenvalue weighted by Crippen LogP contribution is -1.95. The molecule has 1 nitrogen and oxygen atoms in total. The van der Waals surface area contributed by atoms with Gasteiger partial charge in [-0.05, 0) is 58.0 Å². The third kappa shape index (κ3) is 3.43. The number of aromatic nitrogens is 1. The highest BCUT2D eigenvalue weighted by Crippen LogP contribution is 2.43. The zero-order chi connectivity index (χ0) is 19.5. The SMILES string of the molecule is C(=C(\C1=C(c2ccccn2)c2ccccc2C1)c1ccccc1)/c1ccccc1. The Morgan fingerprint density at radius 3 is 2.14 bits per heavy atom. The average Bonchev–Trinajstić information content (AvgIpc) is 3.18. The molecule has 0 N–H and O–H groups in total. The molecule has 1 heterocycles. The second kappa shape index (κ2) is 7.73. The monoisotopic (exact) mass is 371 g/mol. The minimum absolute atomic E-state index is 0.912. The molecule has 0 aliphatic heterocycles. The fourth-order valence-corrected chi connectivity index (χ4v) is 4.07. The number of benzene rings is 3. The summed E-state index contributed by atoms with van der Waals surface area (Å²) in [6.45, 7) is 0. The summed E-state index contributed by atoms with van der Waals surface area (Å²) in [5.74, 6) is 0. The van der Waals surface area contributed by atoms with Gasteiger partial charge in [0.2, 0.25) is 0 Å². The number of allylic oxidation sites excluding steroid dienone is 2. The van der Waals surface area contributed by atoms with Crippen LogP contribution in [0.1, 0.15) is 27.9 Å². The van der Waals surface area contributed by atoms with Gasteiger partial charge in [-0.1, -0.05) is 91.0 Å². The number of nitrogens with zero attached hydrogens (tertiary/aromatic N) is 1. The van der Waals surface area contributed by atoms with Gasteiger partial charge in [0.1, 0.15) is 0 Å². The molecule has 0 spiro atoms. The highest BCUT2D eigenvalue weighted by molar-refractivity contribution is 6.02. The van der Waals surface area contributed by atoms with E-state index in [0.717, 1.165) is 12.1 Å². The standard InChI is InChI=1S/C28H21N/c1-3-11-21(12-4-1)19-25(22-13-5-2-6-14-22)26-20-23-15-7-8-16-24(23)28(26)27-17-9-10-18-29-27/h1-19H,20H2/b25-19+. The molecule has 0 unspecified atom stereocenters. The molecule has 1 aliphatic rings. The Morgan fingerprint density at radius 2 is 1.38 bits per heavy atom. The van der Waals surface area contributed by atoms with E-state index in [2.05, 4.69) is 103 Å². The smallest absolute Gasteiger partial charge is 0.0711 e. The van der Waals surface area contributed by atoms with E-state index in [4.69, 9.17) is 4.98 Å². The van der Waals surface area contributed by atoms with Crippen LogP contribution in [-0.2, 0) is 6.42 Å². The first-order valence-corrected chi connectivity index (χ1v) is 9.95. The molecule has 5 rings (SSSR count). The summed E-state index contributed by atoms with van der Waals surface area (Å²) in [4.78, 5) is 4.71. The largest absolute Gasteiger partial charge is 0.256 e. The van der Waals surface area contributed by atoms with Gasteiger partial charge in [-0.15, -0.1) is 0 Å². The molecule has 138 valence electrons. The van der Waals surface area contributed by atoms with E-state index in [-0.39, 0.29) is 0 Å². The van der Waals surface area contributed by atoms with Crippen molar-refractivity contribution in [2.24, 2.45) is 0 Å². The highest BCUT2D eigenvalue weighted by atomic mass is 14.7. The van der Waals surface area contributed by atoms with Gasteiger partial charge in [0, 0.05) is 11.8 Å². The molecule has 0 fully saturated rings. The van der Waals surface area contributed by atoms with Crippen LogP contribution in [0.5, 0.6) is 0 Å². The van der Waals surface area contributed by atoms with Crippen molar-refractivity contribution in [2.45, 2.75) is 6.42 Å². The van der Waals surface area contributed by atoms with Crippen molar-refractivity contribution in [3.05, 3.63) is 143 Å². The normalized spacial score (nSPS) is 13.4. The first-order valence-electron chi connectivity index (χ1n) is 9.95. The molecule has 0 atom stereocenters. The fraction of sp³-hybridized carbons (Fsp3) is 0.0357. The van der Waals surface area contributed by atoms with Crippen LogP contribution in [0.2, 0.25) is 0 Å². The third-order valence-electron chi connectivity index (χ3n) is 5.40. The van der Waals surface area contributed by atoms with Gasteiger partial charge in [0.15, 0.2) is 0 Å². The summed E-state index contributed by atoms with van der Waals surface area (Å²) in [6.07, 6.45) is 5.10. The molecule has 0 saturated carbocycles. The fourth-order valence-electron chi connectivity index (χ4n) is 4.07. The lowest BCUT2D eigenvalue weighted by atomic mass is 9.91. The van der Waals surface area contributed by atoms with Gasteiger partial charge in [-0.25, -0.2) is 0 Å². The third-order valence-corrected chi connectivity index (χ3v) is 5.40. The zero-order valence-electron chi connectivity index (χ0n) is 16.1. The lowest BCUT2D eigenvalue weighted by molar-refractivity contribution is 1.25. The highest BCUT2D eigenvalue weighted by Gasteiger charge is 2.26. The molecular formula is C28H21N.